The molecule has 0 unspecified atom stereocenters. The fraction of sp³-hybridized carbons (Fsp3) is 0.357. The fourth-order valence-electron chi connectivity index (χ4n) is 2.24. The number of carbonyl (C=O) groups excluding carboxylic acids is 1. The van der Waals surface area contributed by atoms with Crippen molar-refractivity contribution >= 4 is 21.7 Å². The number of nitro groups is 1. The first-order valence-electron chi connectivity index (χ1n) is 6.43. The maximum Gasteiger partial charge on any atom is 0.287 e. The van der Waals surface area contributed by atoms with Crippen LogP contribution in [-0.4, -0.2) is 30.5 Å². The van der Waals surface area contributed by atoms with Crippen LogP contribution in [-0.2, 0) is 14.3 Å². The van der Waals surface area contributed by atoms with E-state index in [2.05, 4.69) is 15.9 Å². The molecular formula is C14H14BrNO5. The molecule has 21 heavy (non-hydrogen) atoms. The van der Waals surface area contributed by atoms with Crippen LogP contribution in [0.4, 0.5) is 0 Å². The third-order valence-corrected chi connectivity index (χ3v) is 3.81. The number of halogens is 1. The Bertz CT molecular complexity index is 599. The van der Waals surface area contributed by atoms with Gasteiger partial charge in [0, 0.05) is 9.40 Å². The van der Waals surface area contributed by atoms with Gasteiger partial charge in [0.1, 0.15) is 0 Å². The summed E-state index contributed by atoms with van der Waals surface area (Å²) >= 11 is 3.37. The summed E-state index contributed by atoms with van der Waals surface area (Å²) in [4.78, 5) is 22.6. The van der Waals surface area contributed by atoms with Gasteiger partial charge in [-0.2, -0.15) is 0 Å². The number of ether oxygens (including phenoxy) is 2. The van der Waals surface area contributed by atoms with Crippen molar-refractivity contribution in [3.05, 3.63) is 55.9 Å². The van der Waals surface area contributed by atoms with Crippen LogP contribution in [0.3, 0.4) is 0 Å². The minimum Gasteiger partial charge on any atom is -0.465 e. The van der Waals surface area contributed by atoms with Crippen LogP contribution in [0.15, 0.2) is 40.3 Å². The highest BCUT2D eigenvalue weighted by molar-refractivity contribution is 9.10. The van der Waals surface area contributed by atoms with Crippen molar-refractivity contribution in [2.75, 3.05) is 19.8 Å². The zero-order valence-electron chi connectivity index (χ0n) is 11.4. The molecule has 1 atom stereocenters. The molecule has 0 aromatic heterocycles. The van der Waals surface area contributed by atoms with E-state index in [9.17, 15) is 14.9 Å². The number of hydrogen-bond donors (Lipinski definition) is 0. The Balaban J connectivity index is 2.49. The summed E-state index contributed by atoms with van der Waals surface area (Å²) in [6.45, 7) is 1.55. The van der Waals surface area contributed by atoms with E-state index in [0.717, 1.165) is 0 Å². The number of Topliss-reactive ketones (excluding diaryl/α,β-unsaturated/α-hetero) is 1. The molecule has 1 heterocycles. The second kappa shape index (κ2) is 6.71. The third kappa shape index (κ3) is 3.41. The van der Waals surface area contributed by atoms with Crippen molar-refractivity contribution in [3.63, 3.8) is 0 Å². The normalized spacial score (nSPS) is 15.8. The zero-order valence-corrected chi connectivity index (χ0v) is 13.0. The molecule has 0 saturated carbocycles. The first-order valence-corrected chi connectivity index (χ1v) is 7.23. The van der Waals surface area contributed by atoms with Crippen molar-refractivity contribution in [1.29, 1.82) is 0 Å². The summed E-state index contributed by atoms with van der Waals surface area (Å²) in [6, 6.07) is 7.11. The molecule has 112 valence electrons. The molecule has 0 amide bonds. The number of nitrogens with zero attached hydrogens (tertiary/aromatic N) is 1. The number of ketones is 1. The van der Waals surface area contributed by atoms with Crippen molar-refractivity contribution in [3.8, 4) is 0 Å². The molecule has 0 aliphatic carbocycles. The lowest BCUT2D eigenvalue weighted by molar-refractivity contribution is -0.481. The van der Waals surface area contributed by atoms with Gasteiger partial charge in [-0.25, -0.2) is 0 Å². The largest absolute Gasteiger partial charge is 0.465 e. The van der Waals surface area contributed by atoms with E-state index in [1.54, 1.807) is 25.1 Å². The van der Waals surface area contributed by atoms with Crippen LogP contribution in [0.25, 0.3) is 0 Å². The van der Waals surface area contributed by atoms with Crippen LogP contribution in [0.1, 0.15) is 18.4 Å². The van der Waals surface area contributed by atoms with Crippen LogP contribution in [0.5, 0.6) is 0 Å². The average Bonchev–Trinajstić information content (AvgIpc) is 2.78. The first kappa shape index (κ1) is 15.5. The second-order valence-corrected chi connectivity index (χ2v) is 5.29. The Morgan fingerprint density at radius 2 is 2.19 bits per heavy atom. The van der Waals surface area contributed by atoms with Crippen molar-refractivity contribution in [2.24, 2.45) is 0 Å². The van der Waals surface area contributed by atoms with Crippen molar-refractivity contribution in [1.82, 2.24) is 0 Å². The Kier molecular flexibility index (Phi) is 4.95. The topological polar surface area (TPSA) is 78.7 Å². The molecule has 0 spiro atoms. The smallest absolute Gasteiger partial charge is 0.287 e. The van der Waals surface area contributed by atoms with E-state index in [1.807, 2.05) is 6.07 Å². The summed E-state index contributed by atoms with van der Waals surface area (Å²) in [5.41, 5.74) is 0.903. The number of benzene rings is 1. The molecular weight excluding hydrogens is 342 g/mol. The van der Waals surface area contributed by atoms with E-state index >= 15 is 0 Å². The highest BCUT2D eigenvalue weighted by Gasteiger charge is 2.37. The molecule has 0 fully saturated rings. The molecule has 6 nitrogen and oxygen atoms in total. The second-order valence-electron chi connectivity index (χ2n) is 4.44. The number of rotatable bonds is 6. The standard InChI is InChI=1S/C14H14BrNO5/c1-2-20-14-13(12(17)8-21-14)10(7-16(18)19)9-5-3-4-6-11(9)15/h3-6,10H,2,7-8H2,1H3/t10-/m0/s1. The molecule has 0 N–H and O–H groups in total. The Morgan fingerprint density at radius 1 is 1.48 bits per heavy atom. The maximum atomic E-state index is 12.1. The van der Waals surface area contributed by atoms with Gasteiger partial charge < -0.3 is 9.47 Å². The van der Waals surface area contributed by atoms with Crippen LogP contribution >= 0.6 is 15.9 Å². The van der Waals surface area contributed by atoms with Gasteiger partial charge in [0.15, 0.2) is 6.61 Å². The molecule has 0 radical (unpaired) electrons. The average molecular weight is 356 g/mol. The highest BCUT2D eigenvalue weighted by Crippen LogP contribution is 2.35. The molecule has 0 bridgehead atoms. The predicted molar refractivity (Wildman–Crippen MR) is 78.4 cm³/mol. The third-order valence-electron chi connectivity index (χ3n) is 3.09. The molecule has 1 aliphatic rings. The van der Waals surface area contributed by atoms with Gasteiger partial charge in [0.25, 0.3) is 5.95 Å². The lowest BCUT2D eigenvalue weighted by atomic mass is 9.89. The SMILES string of the molecule is CCOC1=C([C@@H](C[N+](=O)[O-])c2ccccc2Br)C(=O)CO1. The van der Waals surface area contributed by atoms with Gasteiger partial charge in [-0.1, -0.05) is 34.1 Å². The number of hydrogen-bond acceptors (Lipinski definition) is 5. The highest BCUT2D eigenvalue weighted by atomic mass is 79.9. The van der Waals surface area contributed by atoms with Gasteiger partial charge in [-0.05, 0) is 18.6 Å². The van der Waals surface area contributed by atoms with E-state index < -0.39 is 17.4 Å². The van der Waals surface area contributed by atoms with Crippen molar-refractivity contribution in [2.45, 2.75) is 12.8 Å². The van der Waals surface area contributed by atoms with Gasteiger partial charge in [0.2, 0.25) is 12.3 Å². The monoisotopic (exact) mass is 355 g/mol. The minimum atomic E-state index is -0.702. The maximum absolute atomic E-state index is 12.1. The first-order chi connectivity index (χ1) is 10.0. The molecule has 1 aromatic carbocycles. The lowest BCUT2D eigenvalue weighted by Gasteiger charge is -2.15. The zero-order chi connectivity index (χ0) is 15.4. The summed E-state index contributed by atoms with van der Waals surface area (Å²) in [6.07, 6.45) is 0. The molecule has 2 rings (SSSR count). The number of carbonyl (C=O) groups is 1. The lowest BCUT2D eigenvalue weighted by Crippen LogP contribution is -2.20. The van der Waals surface area contributed by atoms with E-state index in [4.69, 9.17) is 9.47 Å². The van der Waals surface area contributed by atoms with Gasteiger partial charge in [0.05, 0.1) is 18.1 Å². The van der Waals surface area contributed by atoms with Gasteiger partial charge >= 0.3 is 0 Å². The summed E-state index contributed by atoms with van der Waals surface area (Å²) < 4.78 is 11.2. The van der Waals surface area contributed by atoms with Crippen molar-refractivity contribution < 1.29 is 19.2 Å². The molecule has 1 aromatic rings. The summed E-state index contributed by atoms with van der Waals surface area (Å²) in [5.74, 6) is -0.877. The molecule has 0 saturated heterocycles. The van der Waals surface area contributed by atoms with E-state index in [0.29, 0.717) is 16.6 Å². The Hall–Kier alpha value is -1.89. The molecule has 7 heteroatoms. The quantitative estimate of drug-likeness (QED) is 0.578. The van der Waals surface area contributed by atoms with Crippen LogP contribution in [0, 0.1) is 10.1 Å². The Labute approximate surface area is 130 Å². The minimum absolute atomic E-state index is 0.102. The summed E-state index contributed by atoms with van der Waals surface area (Å²) in [5, 5.41) is 11.0. The fourth-order valence-corrected chi connectivity index (χ4v) is 2.80. The molecule has 1 aliphatic heterocycles. The van der Waals surface area contributed by atoms with E-state index in [-0.39, 0.29) is 23.9 Å². The van der Waals surface area contributed by atoms with E-state index in [1.165, 1.54) is 0 Å². The van der Waals surface area contributed by atoms with Gasteiger partial charge in [-0.15, -0.1) is 0 Å². The Morgan fingerprint density at radius 3 is 2.81 bits per heavy atom. The van der Waals surface area contributed by atoms with Gasteiger partial charge in [-0.3, -0.25) is 14.9 Å². The predicted octanol–water partition coefficient (Wildman–Crippen LogP) is 2.66. The van der Waals surface area contributed by atoms with Crippen LogP contribution < -0.4 is 0 Å². The summed E-state index contributed by atoms with van der Waals surface area (Å²) in [7, 11) is 0. The van der Waals surface area contributed by atoms with Crippen LogP contribution in [0.2, 0.25) is 0 Å².